The first-order valence-corrected chi connectivity index (χ1v) is 11.5. The van der Waals surface area contributed by atoms with Crippen LogP contribution in [0, 0.1) is 23.2 Å². The van der Waals surface area contributed by atoms with E-state index in [0.29, 0.717) is 24.6 Å². The number of nitrogens with zero attached hydrogens (tertiary/aromatic N) is 3. The van der Waals surface area contributed by atoms with E-state index in [1.54, 1.807) is 0 Å². The van der Waals surface area contributed by atoms with E-state index in [4.69, 9.17) is 5.26 Å². The zero-order valence-electron chi connectivity index (χ0n) is 18.4. The number of hydrogen-bond donors (Lipinski definition) is 1. The number of aliphatic carboxylic acids is 1. The molecule has 0 aromatic heterocycles. The highest BCUT2D eigenvalue weighted by molar-refractivity contribution is 5.73. The summed E-state index contributed by atoms with van der Waals surface area (Å²) in [6.07, 6.45) is 0.600. The van der Waals surface area contributed by atoms with Crippen LogP contribution in [-0.2, 0) is 11.2 Å². The second-order valence-corrected chi connectivity index (χ2v) is 9.27. The zero-order chi connectivity index (χ0) is 23.1. The van der Waals surface area contributed by atoms with Crippen molar-refractivity contribution in [3.8, 4) is 6.07 Å². The van der Waals surface area contributed by atoms with Crippen molar-refractivity contribution in [1.82, 2.24) is 9.80 Å². The SMILES string of the molecule is N#Cc1ccc(CCCC2CCN(CC3CCN(C(CC(F)(F)F)C(=O)O)C3)CC2)cc1. The molecule has 5 nitrogen and oxygen atoms in total. The standard InChI is InChI=1S/C24H32F3N3O2/c25-24(26,27)14-22(23(31)32)30-13-10-21(17-30)16-29-11-8-19(9-12-29)3-1-2-18-4-6-20(15-28)7-5-18/h4-7,19,21-22H,1-3,8-14,16-17H2,(H,31,32). The Bertz CT molecular complexity index is 783. The number of halogens is 3. The van der Waals surface area contributed by atoms with Gasteiger partial charge in [-0.25, -0.2) is 0 Å². The summed E-state index contributed by atoms with van der Waals surface area (Å²) in [4.78, 5) is 15.2. The Morgan fingerprint density at radius 2 is 1.78 bits per heavy atom. The molecule has 0 aliphatic carbocycles. The van der Waals surface area contributed by atoms with Crippen molar-refractivity contribution in [1.29, 1.82) is 5.26 Å². The van der Waals surface area contributed by atoms with Gasteiger partial charge in [0.25, 0.3) is 0 Å². The summed E-state index contributed by atoms with van der Waals surface area (Å²) in [7, 11) is 0. The minimum atomic E-state index is -4.47. The van der Waals surface area contributed by atoms with Crippen LogP contribution in [0.25, 0.3) is 0 Å². The minimum Gasteiger partial charge on any atom is -0.480 e. The van der Waals surface area contributed by atoms with Crippen molar-refractivity contribution in [2.75, 3.05) is 32.7 Å². The Morgan fingerprint density at radius 3 is 2.38 bits per heavy atom. The Kier molecular flexibility index (Phi) is 8.55. The Labute approximate surface area is 187 Å². The highest BCUT2D eigenvalue weighted by Crippen LogP contribution is 2.29. The van der Waals surface area contributed by atoms with Crippen molar-refractivity contribution < 1.29 is 23.1 Å². The van der Waals surface area contributed by atoms with Crippen LogP contribution in [0.5, 0.6) is 0 Å². The van der Waals surface area contributed by atoms with Gasteiger partial charge in [-0.1, -0.05) is 18.6 Å². The van der Waals surface area contributed by atoms with Gasteiger partial charge in [0.2, 0.25) is 0 Å². The number of likely N-dealkylation sites (tertiary alicyclic amines) is 2. The van der Waals surface area contributed by atoms with Gasteiger partial charge < -0.3 is 10.0 Å². The van der Waals surface area contributed by atoms with E-state index in [9.17, 15) is 23.1 Å². The molecule has 2 atom stereocenters. The molecular formula is C24H32F3N3O2. The number of carboxylic acid groups (broad SMARTS) is 1. The highest BCUT2D eigenvalue weighted by atomic mass is 19.4. The van der Waals surface area contributed by atoms with Gasteiger partial charge in [0.05, 0.1) is 18.1 Å². The number of alkyl halides is 3. The molecule has 176 valence electrons. The van der Waals surface area contributed by atoms with Gasteiger partial charge in [-0.05, 0) is 81.3 Å². The summed E-state index contributed by atoms with van der Waals surface area (Å²) >= 11 is 0. The lowest BCUT2D eigenvalue weighted by atomic mass is 9.90. The topological polar surface area (TPSA) is 67.6 Å². The smallest absolute Gasteiger partial charge is 0.391 e. The molecule has 2 heterocycles. The van der Waals surface area contributed by atoms with Gasteiger partial charge in [0.1, 0.15) is 6.04 Å². The first-order valence-electron chi connectivity index (χ1n) is 11.5. The predicted octanol–water partition coefficient (Wildman–Crippen LogP) is 4.32. The van der Waals surface area contributed by atoms with E-state index in [-0.39, 0.29) is 5.92 Å². The first kappa shape index (κ1) is 24.5. The number of hydrogen-bond acceptors (Lipinski definition) is 4. The predicted molar refractivity (Wildman–Crippen MR) is 115 cm³/mol. The van der Waals surface area contributed by atoms with Crippen molar-refractivity contribution in [3.63, 3.8) is 0 Å². The zero-order valence-corrected chi connectivity index (χ0v) is 18.4. The summed E-state index contributed by atoms with van der Waals surface area (Å²) in [6, 6.07) is 8.43. The van der Waals surface area contributed by atoms with Crippen molar-refractivity contribution in [2.24, 2.45) is 11.8 Å². The molecule has 0 bridgehead atoms. The van der Waals surface area contributed by atoms with E-state index < -0.39 is 24.6 Å². The van der Waals surface area contributed by atoms with E-state index >= 15 is 0 Å². The lowest BCUT2D eigenvalue weighted by Gasteiger charge is -2.34. The molecule has 1 N–H and O–H groups in total. The number of piperidine rings is 1. The van der Waals surface area contributed by atoms with Gasteiger partial charge in [-0.15, -0.1) is 0 Å². The third-order valence-electron chi connectivity index (χ3n) is 6.85. The summed E-state index contributed by atoms with van der Waals surface area (Å²) in [5.74, 6) is -0.448. The van der Waals surface area contributed by atoms with E-state index in [1.165, 1.54) is 16.9 Å². The maximum Gasteiger partial charge on any atom is 0.391 e. The van der Waals surface area contributed by atoms with Crippen LogP contribution >= 0.6 is 0 Å². The summed E-state index contributed by atoms with van der Waals surface area (Å²) < 4.78 is 38.2. The molecule has 0 spiro atoms. The highest BCUT2D eigenvalue weighted by Gasteiger charge is 2.41. The minimum absolute atomic E-state index is 0.234. The molecule has 3 rings (SSSR count). The fourth-order valence-corrected chi connectivity index (χ4v) is 5.05. The van der Waals surface area contributed by atoms with Gasteiger partial charge in [-0.3, -0.25) is 9.69 Å². The number of carbonyl (C=O) groups is 1. The van der Waals surface area contributed by atoms with Crippen LogP contribution in [-0.4, -0.2) is 65.8 Å². The molecule has 2 unspecified atom stereocenters. The Morgan fingerprint density at radius 1 is 1.12 bits per heavy atom. The van der Waals surface area contributed by atoms with Crippen molar-refractivity contribution >= 4 is 5.97 Å². The largest absolute Gasteiger partial charge is 0.480 e. The molecule has 32 heavy (non-hydrogen) atoms. The second kappa shape index (κ2) is 11.2. The lowest BCUT2D eigenvalue weighted by molar-refractivity contribution is -0.165. The third-order valence-corrected chi connectivity index (χ3v) is 6.85. The average Bonchev–Trinajstić information content (AvgIpc) is 3.21. The average molecular weight is 452 g/mol. The van der Waals surface area contributed by atoms with Crippen molar-refractivity contribution in [3.05, 3.63) is 35.4 Å². The third kappa shape index (κ3) is 7.49. The number of aryl methyl sites for hydroxylation is 1. The van der Waals surface area contributed by atoms with Gasteiger partial charge >= 0.3 is 12.1 Å². The molecule has 2 saturated heterocycles. The Balaban J connectivity index is 1.35. The summed E-state index contributed by atoms with van der Waals surface area (Å²) in [6.45, 7) is 3.69. The first-order chi connectivity index (χ1) is 15.2. The van der Waals surface area contributed by atoms with Crippen LogP contribution in [0.4, 0.5) is 13.2 Å². The van der Waals surface area contributed by atoms with Crippen LogP contribution in [0.1, 0.15) is 49.7 Å². The molecule has 2 fully saturated rings. The van der Waals surface area contributed by atoms with Gasteiger partial charge in [0.15, 0.2) is 0 Å². The lowest BCUT2D eigenvalue weighted by Crippen LogP contribution is -2.43. The normalized spacial score (nSPS) is 22.0. The molecular weight excluding hydrogens is 419 g/mol. The second-order valence-electron chi connectivity index (χ2n) is 9.27. The molecule has 0 radical (unpaired) electrons. The number of rotatable bonds is 9. The Hall–Kier alpha value is -2.11. The molecule has 8 heteroatoms. The summed E-state index contributed by atoms with van der Waals surface area (Å²) in [5, 5.41) is 18.1. The monoisotopic (exact) mass is 451 g/mol. The molecule has 0 saturated carbocycles. The fourth-order valence-electron chi connectivity index (χ4n) is 5.05. The van der Waals surface area contributed by atoms with Crippen LogP contribution in [0.15, 0.2) is 24.3 Å². The van der Waals surface area contributed by atoms with Crippen LogP contribution < -0.4 is 0 Å². The quantitative estimate of drug-likeness (QED) is 0.606. The molecule has 2 aliphatic heterocycles. The number of benzene rings is 1. The maximum atomic E-state index is 12.7. The van der Waals surface area contributed by atoms with E-state index in [1.807, 2.05) is 24.3 Å². The molecule has 2 aliphatic rings. The fraction of sp³-hybridized carbons (Fsp3) is 0.667. The van der Waals surface area contributed by atoms with E-state index in [0.717, 1.165) is 51.7 Å². The molecule has 1 aromatic rings. The number of nitriles is 1. The summed E-state index contributed by atoms with van der Waals surface area (Å²) in [5.41, 5.74) is 1.95. The van der Waals surface area contributed by atoms with Gasteiger partial charge in [-0.2, -0.15) is 18.4 Å². The van der Waals surface area contributed by atoms with Gasteiger partial charge in [0, 0.05) is 13.1 Å². The number of carboxylic acids is 1. The van der Waals surface area contributed by atoms with Crippen molar-refractivity contribution in [2.45, 2.75) is 57.2 Å². The molecule has 1 aromatic carbocycles. The van der Waals surface area contributed by atoms with Crippen LogP contribution in [0.2, 0.25) is 0 Å². The molecule has 0 amide bonds. The maximum absolute atomic E-state index is 12.7. The van der Waals surface area contributed by atoms with E-state index in [2.05, 4.69) is 11.0 Å². The van der Waals surface area contributed by atoms with Crippen LogP contribution in [0.3, 0.4) is 0 Å².